The lowest BCUT2D eigenvalue weighted by Crippen LogP contribution is -2.45. The number of hydrogen-bond donors (Lipinski definition) is 4. The Hall–Kier alpha value is -2.54. The molecule has 2 fully saturated rings. The fourth-order valence-electron chi connectivity index (χ4n) is 9.76. The SMILES string of the molecule is CCC(=O)C(C)(CCO)CC1(CC(CC)(CCO)C(=O)CCCC(=O)C(CC)(CCO)CC2(CC(C)(CCO)C(=O)CC)CCOC2=O)CCOC1=O. The maximum absolute atomic E-state index is 14.3. The number of ketones is 4. The number of Topliss-reactive ketones (excluding diaryl/α,β-unsaturated/α-hetero) is 4. The summed E-state index contributed by atoms with van der Waals surface area (Å²) in [6.45, 7) is 9.78. The molecule has 0 amide bonds. The van der Waals surface area contributed by atoms with Gasteiger partial charge in [0.15, 0.2) is 0 Å². The van der Waals surface area contributed by atoms with E-state index in [1.54, 1.807) is 27.7 Å². The number of aliphatic hydroxyl groups excluding tert-OH is 4. The van der Waals surface area contributed by atoms with Crippen LogP contribution >= 0.6 is 0 Å². The third-order valence-corrected chi connectivity index (χ3v) is 13.1. The van der Waals surface area contributed by atoms with Gasteiger partial charge in [0.2, 0.25) is 0 Å². The van der Waals surface area contributed by atoms with Crippen LogP contribution in [0.4, 0.5) is 0 Å². The van der Waals surface area contributed by atoms with E-state index < -0.39 is 44.4 Å². The summed E-state index contributed by atoms with van der Waals surface area (Å²) in [5, 5.41) is 40.1. The summed E-state index contributed by atoms with van der Waals surface area (Å²) in [4.78, 5) is 81.8. The molecule has 0 spiro atoms. The molecule has 2 rings (SSSR count). The molecule has 0 aromatic carbocycles. The van der Waals surface area contributed by atoms with E-state index in [9.17, 15) is 49.2 Å². The van der Waals surface area contributed by atoms with Gasteiger partial charge >= 0.3 is 11.9 Å². The smallest absolute Gasteiger partial charge is 0.312 e. The Labute approximate surface area is 316 Å². The highest BCUT2D eigenvalue weighted by molar-refractivity contribution is 5.91. The van der Waals surface area contributed by atoms with E-state index >= 15 is 0 Å². The molecule has 2 aliphatic heterocycles. The van der Waals surface area contributed by atoms with E-state index in [2.05, 4.69) is 0 Å². The molecule has 0 bridgehead atoms. The average Bonchev–Trinajstić information content (AvgIpc) is 3.65. The number of hydrogen-bond acceptors (Lipinski definition) is 12. The van der Waals surface area contributed by atoms with Gasteiger partial charge in [0.25, 0.3) is 0 Å². The van der Waals surface area contributed by atoms with Crippen molar-refractivity contribution < 1.29 is 58.7 Å². The van der Waals surface area contributed by atoms with Crippen molar-refractivity contribution in [2.45, 2.75) is 151 Å². The van der Waals surface area contributed by atoms with Crippen LogP contribution in [0.25, 0.3) is 0 Å². The number of carbonyl (C=O) groups is 6. The third kappa shape index (κ3) is 10.4. The van der Waals surface area contributed by atoms with Gasteiger partial charge in [-0.1, -0.05) is 41.5 Å². The van der Waals surface area contributed by atoms with Crippen molar-refractivity contribution in [3.8, 4) is 0 Å². The maximum atomic E-state index is 14.3. The Kier molecular flexibility index (Phi) is 17.5. The molecule has 12 heteroatoms. The van der Waals surface area contributed by atoms with E-state index in [1.807, 2.05) is 13.8 Å². The van der Waals surface area contributed by atoms with Crippen LogP contribution in [-0.2, 0) is 38.2 Å². The Bertz CT molecular complexity index is 1200. The van der Waals surface area contributed by atoms with Crippen molar-refractivity contribution >= 4 is 35.1 Å². The molecule has 0 radical (unpaired) electrons. The standard InChI is InChI=1S/C41H68O12/c1-7-30(46)36(5,14-20-42)26-40(18-24-52-34(40)50)28-38(9-3,16-22-44)32(48)12-11-13-33(49)39(10-4,17-23-45)29-41(19-25-53-35(41)51)27-37(6,15-21-43)31(47)8-2/h42-45H,7-29H2,1-6H3. The summed E-state index contributed by atoms with van der Waals surface area (Å²) in [5.41, 5.74) is -6.64. The minimum absolute atomic E-state index is 0.0157. The summed E-state index contributed by atoms with van der Waals surface area (Å²) < 4.78 is 10.9. The van der Waals surface area contributed by atoms with Gasteiger partial charge in [-0.05, 0) is 83.5 Å². The van der Waals surface area contributed by atoms with E-state index in [1.165, 1.54) is 0 Å². The third-order valence-electron chi connectivity index (χ3n) is 13.1. The average molecular weight is 753 g/mol. The highest BCUT2D eigenvalue weighted by Crippen LogP contribution is 2.54. The number of cyclic esters (lactones) is 2. The van der Waals surface area contributed by atoms with Crippen molar-refractivity contribution in [2.24, 2.45) is 32.5 Å². The number of esters is 2. The predicted octanol–water partition coefficient (Wildman–Crippen LogP) is 5.02. The van der Waals surface area contributed by atoms with Crippen LogP contribution in [0.5, 0.6) is 0 Å². The van der Waals surface area contributed by atoms with E-state index in [0.717, 1.165) is 0 Å². The number of ether oxygens (including phenoxy) is 2. The van der Waals surface area contributed by atoms with Crippen molar-refractivity contribution in [2.75, 3.05) is 39.6 Å². The molecule has 53 heavy (non-hydrogen) atoms. The van der Waals surface area contributed by atoms with Crippen LogP contribution in [0.2, 0.25) is 0 Å². The summed E-state index contributed by atoms with van der Waals surface area (Å²) in [6, 6.07) is 0. The highest BCUT2D eigenvalue weighted by Gasteiger charge is 2.57. The van der Waals surface area contributed by atoms with E-state index in [-0.39, 0.29) is 146 Å². The summed E-state index contributed by atoms with van der Waals surface area (Å²) in [7, 11) is 0. The van der Waals surface area contributed by atoms with Gasteiger partial charge in [-0.2, -0.15) is 0 Å². The Balaban J connectivity index is 2.40. The van der Waals surface area contributed by atoms with Gasteiger partial charge in [-0.3, -0.25) is 28.8 Å². The zero-order valence-corrected chi connectivity index (χ0v) is 33.3. The molecule has 2 saturated heterocycles. The molecule has 6 unspecified atom stereocenters. The molecule has 0 aromatic rings. The molecule has 2 aliphatic rings. The van der Waals surface area contributed by atoms with Gasteiger partial charge in [-0.15, -0.1) is 0 Å². The van der Waals surface area contributed by atoms with Gasteiger partial charge < -0.3 is 29.9 Å². The molecule has 6 atom stereocenters. The topological polar surface area (TPSA) is 202 Å². The molecule has 0 aromatic heterocycles. The maximum Gasteiger partial charge on any atom is 0.312 e. The first-order valence-corrected chi connectivity index (χ1v) is 19.9. The lowest BCUT2D eigenvalue weighted by molar-refractivity contribution is -0.154. The molecule has 12 nitrogen and oxygen atoms in total. The largest absolute Gasteiger partial charge is 0.465 e. The number of rotatable bonds is 28. The van der Waals surface area contributed by atoms with Crippen LogP contribution in [0.3, 0.4) is 0 Å². The minimum Gasteiger partial charge on any atom is -0.465 e. The van der Waals surface area contributed by atoms with Gasteiger partial charge in [0.1, 0.15) is 23.1 Å². The fraction of sp³-hybridized carbons (Fsp3) is 0.854. The molecular weight excluding hydrogens is 684 g/mol. The van der Waals surface area contributed by atoms with E-state index in [0.29, 0.717) is 25.7 Å². The first-order chi connectivity index (χ1) is 25.0. The van der Waals surface area contributed by atoms with Crippen molar-refractivity contribution in [3.05, 3.63) is 0 Å². The molecule has 2 heterocycles. The second-order valence-corrected chi connectivity index (χ2v) is 16.6. The van der Waals surface area contributed by atoms with Crippen LogP contribution in [0, 0.1) is 32.5 Å². The van der Waals surface area contributed by atoms with Crippen molar-refractivity contribution in [1.82, 2.24) is 0 Å². The van der Waals surface area contributed by atoms with Gasteiger partial charge in [0, 0.05) is 73.8 Å². The van der Waals surface area contributed by atoms with Gasteiger partial charge in [-0.25, -0.2) is 0 Å². The molecule has 0 saturated carbocycles. The Morgan fingerprint density at radius 3 is 1.15 bits per heavy atom. The normalized spacial score (nSPS) is 24.7. The highest BCUT2D eigenvalue weighted by atomic mass is 16.5. The number of carbonyl (C=O) groups excluding carboxylic acids is 6. The van der Waals surface area contributed by atoms with Crippen molar-refractivity contribution in [3.63, 3.8) is 0 Å². The van der Waals surface area contributed by atoms with Crippen LogP contribution in [-0.4, -0.2) is 95.1 Å². The monoisotopic (exact) mass is 752 g/mol. The molecule has 304 valence electrons. The fourth-order valence-corrected chi connectivity index (χ4v) is 9.76. The first-order valence-electron chi connectivity index (χ1n) is 19.9. The minimum atomic E-state index is -1.17. The molecular formula is C41H68O12. The second kappa shape index (κ2) is 19.9. The summed E-state index contributed by atoms with van der Waals surface area (Å²) >= 11 is 0. The quantitative estimate of drug-likeness (QED) is 0.0780. The summed E-state index contributed by atoms with van der Waals surface area (Å²) in [6.07, 6.45) is 2.64. The first kappa shape index (κ1) is 46.6. The predicted molar refractivity (Wildman–Crippen MR) is 197 cm³/mol. The Morgan fingerprint density at radius 2 is 0.906 bits per heavy atom. The Morgan fingerprint density at radius 1 is 0.566 bits per heavy atom. The molecule has 0 aliphatic carbocycles. The van der Waals surface area contributed by atoms with Crippen molar-refractivity contribution in [1.29, 1.82) is 0 Å². The van der Waals surface area contributed by atoms with Crippen LogP contribution in [0.1, 0.15) is 151 Å². The van der Waals surface area contributed by atoms with E-state index in [4.69, 9.17) is 9.47 Å². The molecule has 4 N–H and O–H groups in total. The number of aliphatic hydroxyl groups is 4. The zero-order chi connectivity index (χ0) is 40.1. The zero-order valence-electron chi connectivity index (χ0n) is 33.3. The lowest BCUT2D eigenvalue weighted by atomic mass is 9.58. The van der Waals surface area contributed by atoms with Gasteiger partial charge in [0.05, 0.1) is 24.0 Å². The lowest BCUT2D eigenvalue weighted by Gasteiger charge is -2.42. The van der Waals surface area contributed by atoms with Crippen LogP contribution < -0.4 is 0 Å². The summed E-state index contributed by atoms with van der Waals surface area (Å²) in [5.74, 6) is -1.57. The van der Waals surface area contributed by atoms with Crippen LogP contribution in [0.15, 0.2) is 0 Å². The second-order valence-electron chi connectivity index (χ2n) is 16.6.